The SMILES string of the molecule is COC(=O)N(C)N(C)C(=O)c1cc(Cl)cc(C)c1CC(=O)c1cc(Cn2cc(C(C)(C)C)nn2)nn1-c1ncccc1Cl. The number of halogens is 2. The molecule has 4 rings (SSSR count). The summed E-state index contributed by atoms with van der Waals surface area (Å²) in [7, 11) is 4.02. The number of aryl methyl sites for hydroxylation is 1. The average molecular weight is 628 g/mol. The molecule has 0 aliphatic heterocycles. The van der Waals surface area contributed by atoms with E-state index in [1.807, 2.05) is 27.0 Å². The number of amides is 2. The van der Waals surface area contributed by atoms with E-state index in [2.05, 4.69) is 20.4 Å². The van der Waals surface area contributed by atoms with Crippen molar-refractivity contribution in [3.05, 3.63) is 86.5 Å². The number of benzene rings is 1. The van der Waals surface area contributed by atoms with Crippen molar-refractivity contribution in [1.29, 1.82) is 0 Å². The molecule has 14 heteroatoms. The summed E-state index contributed by atoms with van der Waals surface area (Å²) < 4.78 is 7.77. The zero-order valence-corrected chi connectivity index (χ0v) is 26.4. The van der Waals surface area contributed by atoms with Crippen molar-refractivity contribution in [3.63, 3.8) is 0 Å². The smallest absolute Gasteiger partial charge is 0.428 e. The van der Waals surface area contributed by atoms with Crippen LogP contribution in [0.4, 0.5) is 4.79 Å². The van der Waals surface area contributed by atoms with E-state index < -0.39 is 12.0 Å². The number of rotatable bonds is 7. The Morgan fingerprint density at radius 2 is 1.79 bits per heavy atom. The highest BCUT2D eigenvalue weighted by Gasteiger charge is 2.27. The van der Waals surface area contributed by atoms with Gasteiger partial charge in [-0.3, -0.25) is 9.59 Å². The largest absolute Gasteiger partial charge is 0.452 e. The van der Waals surface area contributed by atoms with E-state index in [1.165, 1.54) is 32.0 Å². The number of carbonyl (C=O) groups is 3. The predicted octanol–water partition coefficient (Wildman–Crippen LogP) is 4.93. The summed E-state index contributed by atoms with van der Waals surface area (Å²) in [6.07, 6.45) is 2.48. The van der Waals surface area contributed by atoms with E-state index in [0.717, 1.165) is 15.7 Å². The van der Waals surface area contributed by atoms with Gasteiger partial charge >= 0.3 is 6.09 Å². The lowest BCUT2D eigenvalue weighted by molar-refractivity contribution is 0.0192. The summed E-state index contributed by atoms with van der Waals surface area (Å²) in [5.74, 6) is -0.627. The van der Waals surface area contributed by atoms with E-state index in [4.69, 9.17) is 27.9 Å². The van der Waals surface area contributed by atoms with Gasteiger partial charge in [0.1, 0.15) is 5.69 Å². The van der Waals surface area contributed by atoms with Crippen molar-refractivity contribution in [2.75, 3.05) is 21.2 Å². The Kier molecular flexibility index (Phi) is 9.21. The van der Waals surface area contributed by atoms with Crippen molar-refractivity contribution >= 4 is 41.0 Å². The minimum Gasteiger partial charge on any atom is -0.452 e. The third-order valence-electron chi connectivity index (χ3n) is 6.80. The maximum absolute atomic E-state index is 14.0. The molecule has 0 radical (unpaired) electrons. The number of carbonyl (C=O) groups excluding carboxylic acids is 3. The number of hydrogen-bond acceptors (Lipinski definition) is 8. The standard InChI is InChI=1S/C29H32Cl2N8O4/c1-17-11-18(30)12-21(27(41)36(5)37(6)28(42)43-7)20(17)14-24(40)23-13-19(15-38-16-25(33-35-38)29(2,3)4)34-39(23)26-22(31)9-8-10-32-26/h8-13,16H,14-15H2,1-7H3. The molecule has 0 aliphatic carbocycles. The first-order chi connectivity index (χ1) is 20.2. The Morgan fingerprint density at radius 3 is 2.42 bits per heavy atom. The molecule has 226 valence electrons. The molecule has 0 N–H and O–H groups in total. The van der Waals surface area contributed by atoms with Crippen LogP contribution in [0.2, 0.25) is 10.0 Å². The highest BCUT2D eigenvalue weighted by Crippen LogP contribution is 2.26. The van der Waals surface area contributed by atoms with Gasteiger partial charge in [0.05, 0.1) is 30.1 Å². The number of hydrogen-bond donors (Lipinski definition) is 0. The number of Topliss-reactive ketones (excluding diaryl/α,β-unsaturated/α-hetero) is 1. The van der Waals surface area contributed by atoms with E-state index in [0.29, 0.717) is 26.9 Å². The Labute approximate surface area is 259 Å². The third kappa shape index (κ3) is 6.86. The molecule has 0 unspecified atom stereocenters. The van der Waals surface area contributed by atoms with Gasteiger partial charge < -0.3 is 4.74 Å². The van der Waals surface area contributed by atoms with Gasteiger partial charge in [0.25, 0.3) is 5.91 Å². The summed E-state index contributed by atoms with van der Waals surface area (Å²) in [6, 6.07) is 8.12. The molecule has 3 aromatic heterocycles. The number of pyridine rings is 1. The van der Waals surface area contributed by atoms with Gasteiger partial charge in [0.15, 0.2) is 11.6 Å². The molecule has 0 atom stereocenters. The number of ether oxygens (including phenoxy) is 1. The summed E-state index contributed by atoms with van der Waals surface area (Å²) in [5, 5.41) is 15.8. The van der Waals surface area contributed by atoms with Crippen molar-refractivity contribution in [1.82, 2.24) is 39.8 Å². The first-order valence-electron chi connectivity index (χ1n) is 13.2. The topological polar surface area (TPSA) is 128 Å². The molecule has 0 spiro atoms. The zero-order chi connectivity index (χ0) is 31.6. The number of hydrazine groups is 1. The molecule has 3 heterocycles. The fourth-order valence-electron chi connectivity index (χ4n) is 4.30. The number of aromatic nitrogens is 6. The van der Waals surface area contributed by atoms with Crippen LogP contribution in [0.1, 0.15) is 64.1 Å². The van der Waals surface area contributed by atoms with Crippen molar-refractivity contribution < 1.29 is 19.1 Å². The third-order valence-corrected chi connectivity index (χ3v) is 7.32. The maximum atomic E-state index is 14.0. The maximum Gasteiger partial charge on any atom is 0.428 e. The monoisotopic (exact) mass is 626 g/mol. The van der Waals surface area contributed by atoms with Crippen LogP contribution in [0.15, 0.2) is 42.7 Å². The molecule has 0 fully saturated rings. The molecule has 12 nitrogen and oxygen atoms in total. The first-order valence-corrected chi connectivity index (χ1v) is 14.0. The Morgan fingerprint density at radius 1 is 1.07 bits per heavy atom. The molecule has 0 saturated carbocycles. The van der Waals surface area contributed by atoms with E-state index in [9.17, 15) is 14.4 Å². The van der Waals surface area contributed by atoms with Crippen LogP contribution in [-0.4, -0.2) is 78.8 Å². The minimum atomic E-state index is -0.738. The number of methoxy groups -OCH3 is 1. The molecule has 1 aromatic carbocycles. The van der Waals surface area contributed by atoms with E-state index >= 15 is 0 Å². The van der Waals surface area contributed by atoms with Crippen molar-refractivity contribution in [3.8, 4) is 5.82 Å². The number of nitrogens with zero attached hydrogens (tertiary/aromatic N) is 8. The molecular weight excluding hydrogens is 595 g/mol. The van der Waals surface area contributed by atoms with Crippen molar-refractivity contribution in [2.24, 2.45) is 0 Å². The lowest BCUT2D eigenvalue weighted by atomic mass is 9.93. The average Bonchev–Trinajstić information content (AvgIpc) is 3.60. The second kappa shape index (κ2) is 12.5. The van der Waals surface area contributed by atoms with Crippen LogP contribution in [0.3, 0.4) is 0 Å². The lowest BCUT2D eigenvalue weighted by Crippen LogP contribution is -2.45. The second-order valence-corrected chi connectivity index (χ2v) is 11.8. The fraction of sp³-hybridized carbons (Fsp3) is 0.345. The molecule has 0 aliphatic rings. The lowest BCUT2D eigenvalue weighted by Gasteiger charge is -2.28. The molecule has 43 heavy (non-hydrogen) atoms. The highest BCUT2D eigenvalue weighted by atomic mass is 35.5. The predicted molar refractivity (Wildman–Crippen MR) is 161 cm³/mol. The fourth-order valence-corrected chi connectivity index (χ4v) is 4.78. The highest BCUT2D eigenvalue weighted by molar-refractivity contribution is 6.32. The van der Waals surface area contributed by atoms with Gasteiger partial charge in [-0.05, 0) is 48.4 Å². The minimum absolute atomic E-state index is 0.163. The van der Waals surface area contributed by atoms with Gasteiger partial charge in [0, 0.05) is 48.9 Å². The van der Waals surface area contributed by atoms with Crippen LogP contribution < -0.4 is 0 Å². The van der Waals surface area contributed by atoms with Crippen LogP contribution in [0, 0.1) is 6.92 Å². The van der Waals surface area contributed by atoms with Gasteiger partial charge in [-0.2, -0.15) is 5.10 Å². The number of ketones is 1. The molecule has 2 amide bonds. The second-order valence-electron chi connectivity index (χ2n) is 11.0. The van der Waals surface area contributed by atoms with Gasteiger partial charge in [-0.15, -0.1) is 5.10 Å². The Balaban J connectivity index is 1.74. The van der Waals surface area contributed by atoms with E-state index in [-0.39, 0.29) is 41.2 Å². The van der Waals surface area contributed by atoms with Gasteiger partial charge in [-0.25, -0.2) is 29.2 Å². The Hall–Kier alpha value is -4.29. The summed E-state index contributed by atoms with van der Waals surface area (Å²) >= 11 is 12.8. The van der Waals surface area contributed by atoms with Gasteiger partial charge in [-0.1, -0.05) is 49.2 Å². The molecule has 0 bridgehead atoms. The molecule has 0 saturated heterocycles. The van der Waals surface area contributed by atoms with Gasteiger partial charge in [0.2, 0.25) is 0 Å². The molecule has 4 aromatic rings. The Bertz CT molecular complexity index is 1690. The van der Waals surface area contributed by atoms with E-state index in [1.54, 1.807) is 42.1 Å². The summed E-state index contributed by atoms with van der Waals surface area (Å²) in [5.41, 5.74) is 2.59. The van der Waals surface area contributed by atoms with Crippen LogP contribution in [0.25, 0.3) is 5.82 Å². The van der Waals surface area contributed by atoms with Crippen LogP contribution in [-0.2, 0) is 23.1 Å². The zero-order valence-electron chi connectivity index (χ0n) is 24.9. The van der Waals surface area contributed by atoms with Crippen LogP contribution in [0.5, 0.6) is 0 Å². The van der Waals surface area contributed by atoms with Crippen LogP contribution >= 0.6 is 23.2 Å². The first kappa shape index (κ1) is 31.6. The summed E-state index contributed by atoms with van der Waals surface area (Å²) in [4.78, 5) is 43.9. The molecular formula is C29H32Cl2N8O4. The quantitative estimate of drug-likeness (QED) is 0.209. The van der Waals surface area contributed by atoms with Crippen molar-refractivity contribution in [2.45, 2.75) is 46.1 Å². The summed E-state index contributed by atoms with van der Waals surface area (Å²) in [6.45, 7) is 8.12. The normalized spacial score (nSPS) is 11.4.